The van der Waals surface area contributed by atoms with Gasteiger partial charge in [0.25, 0.3) is 0 Å². The molecule has 1 saturated heterocycles. The van der Waals surface area contributed by atoms with Gasteiger partial charge in [-0.2, -0.15) is 0 Å². The van der Waals surface area contributed by atoms with E-state index in [1.54, 1.807) is 5.06 Å². The fraction of sp³-hybridized carbons (Fsp3) is 0.462. The highest BCUT2D eigenvalue weighted by Crippen LogP contribution is 2.17. The first-order valence-corrected chi connectivity index (χ1v) is 6.16. The van der Waals surface area contributed by atoms with Crippen molar-refractivity contribution < 1.29 is 9.63 Å². The van der Waals surface area contributed by atoms with E-state index in [0.29, 0.717) is 0 Å². The molecule has 0 spiro atoms. The fourth-order valence-corrected chi connectivity index (χ4v) is 1.90. The van der Waals surface area contributed by atoms with Crippen LogP contribution in [0.25, 0.3) is 0 Å². The molecule has 1 aromatic carbocycles. The normalized spacial score (nSPS) is 15.4. The molecule has 1 aromatic rings. The molecule has 0 bridgehead atoms. The third-order valence-electron chi connectivity index (χ3n) is 2.89. The van der Waals surface area contributed by atoms with Crippen LogP contribution in [0.5, 0.6) is 0 Å². The lowest BCUT2D eigenvalue weighted by Crippen LogP contribution is -2.27. The Morgan fingerprint density at radius 1 is 1.33 bits per heavy atom. The van der Waals surface area contributed by atoms with E-state index in [2.05, 4.69) is 5.32 Å². The number of nitrogens with one attached hydrogen (secondary N) is 1. The minimum Gasteiger partial charge on any atom is -0.378 e. The van der Waals surface area contributed by atoms with E-state index in [9.17, 15) is 4.79 Å². The Kier molecular flexibility index (Phi) is 4.04. The summed E-state index contributed by atoms with van der Waals surface area (Å²) in [6.07, 6.45) is 1.75. The number of hydrogen-bond acceptors (Lipinski definition) is 4. The van der Waals surface area contributed by atoms with Crippen molar-refractivity contribution in [1.82, 2.24) is 5.06 Å². The lowest BCUT2D eigenvalue weighted by molar-refractivity contribution is -0.0738. The van der Waals surface area contributed by atoms with Gasteiger partial charge in [0.2, 0.25) is 0 Å². The van der Waals surface area contributed by atoms with Crippen LogP contribution in [0.2, 0.25) is 0 Å². The number of carbonyl (C=O) groups is 1. The van der Waals surface area contributed by atoms with Crippen molar-refractivity contribution in [2.75, 3.05) is 37.4 Å². The zero-order chi connectivity index (χ0) is 13.0. The second kappa shape index (κ2) is 5.73. The van der Waals surface area contributed by atoms with Gasteiger partial charge in [0.1, 0.15) is 0 Å². The summed E-state index contributed by atoms with van der Waals surface area (Å²) in [7, 11) is 3.92. The molecule has 0 atom stereocenters. The van der Waals surface area contributed by atoms with Crippen molar-refractivity contribution >= 4 is 17.5 Å². The summed E-state index contributed by atoms with van der Waals surface area (Å²) in [5.41, 5.74) is 1.78. The molecular weight excluding hydrogens is 230 g/mol. The number of hydrogen-bond donors (Lipinski definition) is 1. The zero-order valence-electron chi connectivity index (χ0n) is 10.8. The van der Waals surface area contributed by atoms with Crippen LogP contribution in [-0.4, -0.2) is 38.3 Å². The van der Waals surface area contributed by atoms with Crippen LogP contribution in [0.4, 0.5) is 16.2 Å². The summed E-state index contributed by atoms with van der Waals surface area (Å²) in [6, 6.07) is 7.64. The third kappa shape index (κ3) is 3.37. The minimum absolute atomic E-state index is 0.423. The number of rotatable bonds is 3. The smallest absolute Gasteiger partial charge is 0.378 e. The second-order valence-corrected chi connectivity index (χ2v) is 4.58. The Hall–Kier alpha value is -1.75. The quantitative estimate of drug-likeness (QED) is 0.893. The number of carbonyl (C=O) groups excluding carboxylic acids is 1. The van der Waals surface area contributed by atoms with Crippen molar-refractivity contribution in [2.24, 2.45) is 0 Å². The molecule has 98 valence electrons. The van der Waals surface area contributed by atoms with Gasteiger partial charge in [0, 0.05) is 38.6 Å². The van der Waals surface area contributed by atoms with Gasteiger partial charge < -0.3 is 9.74 Å². The predicted molar refractivity (Wildman–Crippen MR) is 71.7 cm³/mol. The van der Waals surface area contributed by atoms with Crippen LogP contribution in [0.3, 0.4) is 0 Å². The molecular formula is C13H19N3O2. The molecule has 0 saturated carbocycles. The molecule has 1 heterocycles. The van der Waals surface area contributed by atoms with Crippen molar-refractivity contribution in [3.63, 3.8) is 0 Å². The highest BCUT2D eigenvalue weighted by atomic mass is 16.7. The van der Waals surface area contributed by atoms with E-state index in [1.807, 2.05) is 43.3 Å². The van der Waals surface area contributed by atoms with Gasteiger partial charge in [0.15, 0.2) is 0 Å². The van der Waals surface area contributed by atoms with Crippen LogP contribution in [-0.2, 0) is 4.84 Å². The lowest BCUT2D eigenvalue weighted by Gasteiger charge is -2.16. The molecule has 5 nitrogen and oxygen atoms in total. The number of nitrogens with zero attached hydrogens (tertiary/aromatic N) is 2. The Labute approximate surface area is 107 Å². The molecule has 1 aliphatic rings. The molecule has 2 rings (SSSR count). The van der Waals surface area contributed by atoms with Gasteiger partial charge in [-0.15, -0.1) is 5.06 Å². The van der Waals surface area contributed by atoms with Crippen molar-refractivity contribution in [2.45, 2.75) is 12.8 Å². The van der Waals surface area contributed by atoms with E-state index in [4.69, 9.17) is 4.84 Å². The topological polar surface area (TPSA) is 44.8 Å². The number of amides is 1. The summed E-state index contributed by atoms with van der Waals surface area (Å²) in [6.45, 7) is 1.65. The van der Waals surface area contributed by atoms with Crippen LogP contribution in [0.15, 0.2) is 24.3 Å². The van der Waals surface area contributed by atoms with E-state index < -0.39 is 6.09 Å². The fourth-order valence-electron chi connectivity index (χ4n) is 1.90. The summed E-state index contributed by atoms with van der Waals surface area (Å²) < 4.78 is 0. The zero-order valence-corrected chi connectivity index (χ0v) is 10.8. The Balaban J connectivity index is 1.91. The average molecular weight is 249 g/mol. The SMILES string of the molecule is CN(C)c1cccc(NC(=O)ON2CCCC2)c1. The first-order valence-electron chi connectivity index (χ1n) is 6.16. The van der Waals surface area contributed by atoms with Gasteiger partial charge in [0.05, 0.1) is 0 Å². The first-order chi connectivity index (χ1) is 8.65. The molecule has 0 aromatic heterocycles. The summed E-state index contributed by atoms with van der Waals surface area (Å²) in [5.74, 6) is 0. The number of benzene rings is 1. The molecule has 1 aliphatic heterocycles. The second-order valence-electron chi connectivity index (χ2n) is 4.58. The summed E-state index contributed by atoms with van der Waals surface area (Å²) in [5, 5.41) is 4.43. The van der Waals surface area contributed by atoms with Gasteiger partial charge in [-0.25, -0.2) is 4.79 Å². The van der Waals surface area contributed by atoms with Crippen molar-refractivity contribution in [3.05, 3.63) is 24.3 Å². The van der Waals surface area contributed by atoms with Crippen LogP contribution >= 0.6 is 0 Å². The van der Waals surface area contributed by atoms with Crippen molar-refractivity contribution in [1.29, 1.82) is 0 Å². The molecule has 1 N–H and O–H groups in total. The molecule has 5 heteroatoms. The summed E-state index contributed by atoms with van der Waals surface area (Å²) in [4.78, 5) is 18.8. The van der Waals surface area contributed by atoms with Gasteiger partial charge in [-0.05, 0) is 31.0 Å². The van der Waals surface area contributed by atoms with Crippen LogP contribution in [0, 0.1) is 0 Å². The standard InChI is InChI=1S/C13H19N3O2/c1-15(2)12-7-5-6-11(10-12)14-13(17)18-16-8-3-4-9-16/h5-7,10H,3-4,8-9H2,1-2H3,(H,14,17). The molecule has 0 aliphatic carbocycles. The number of hydroxylamine groups is 2. The van der Waals surface area contributed by atoms with E-state index in [1.165, 1.54) is 0 Å². The minimum atomic E-state index is -0.423. The largest absolute Gasteiger partial charge is 0.430 e. The Bertz CT molecular complexity index is 414. The predicted octanol–water partition coefficient (Wildman–Crippen LogP) is 2.31. The molecule has 1 amide bonds. The highest BCUT2D eigenvalue weighted by molar-refractivity contribution is 5.85. The van der Waals surface area contributed by atoms with Crippen molar-refractivity contribution in [3.8, 4) is 0 Å². The van der Waals surface area contributed by atoms with E-state index in [0.717, 1.165) is 37.3 Å². The Morgan fingerprint density at radius 2 is 2.06 bits per heavy atom. The maximum Gasteiger partial charge on any atom is 0.430 e. The summed E-state index contributed by atoms with van der Waals surface area (Å²) >= 11 is 0. The van der Waals surface area contributed by atoms with Crippen LogP contribution in [0.1, 0.15) is 12.8 Å². The van der Waals surface area contributed by atoms with Gasteiger partial charge in [-0.1, -0.05) is 6.07 Å². The maximum atomic E-state index is 11.7. The molecule has 18 heavy (non-hydrogen) atoms. The molecule has 1 fully saturated rings. The van der Waals surface area contributed by atoms with E-state index in [-0.39, 0.29) is 0 Å². The molecule has 0 unspecified atom stereocenters. The third-order valence-corrected chi connectivity index (χ3v) is 2.89. The average Bonchev–Trinajstić information content (AvgIpc) is 2.82. The van der Waals surface area contributed by atoms with Gasteiger partial charge in [-0.3, -0.25) is 5.32 Å². The monoisotopic (exact) mass is 249 g/mol. The van der Waals surface area contributed by atoms with Crippen LogP contribution < -0.4 is 10.2 Å². The van der Waals surface area contributed by atoms with E-state index >= 15 is 0 Å². The van der Waals surface area contributed by atoms with Gasteiger partial charge >= 0.3 is 6.09 Å². The highest BCUT2D eigenvalue weighted by Gasteiger charge is 2.16. The lowest BCUT2D eigenvalue weighted by atomic mass is 10.2. The molecule has 0 radical (unpaired) electrons. The maximum absolute atomic E-state index is 11.7. The number of anilines is 2. The first kappa shape index (κ1) is 12.7. The Morgan fingerprint density at radius 3 is 2.72 bits per heavy atom.